The van der Waals surface area contributed by atoms with Crippen molar-refractivity contribution >= 4 is 11.9 Å². The van der Waals surface area contributed by atoms with E-state index in [-0.39, 0.29) is 18.5 Å². The molecule has 0 heterocycles. The molecule has 0 spiro atoms. The van der Waals surface area contributed by atoms with E-state index in [9.17, 15) is 19.8 Å². The van der Waals surface area contributed by atoms with Crippen LogP contribution in [0.5, 0.6) is 0 Å². The summed E-state index contributed by atoms with van der Waals surface area (Å²) >= 11 is 0. The maximum Gasteiger partial charge on any atom is 0.305 e. The number of carbonyl (C=O) groups excluding carboxylic acids is 2. The van der Waals surface area contributed by atoms with Crippen molar-refractivity contribution in [2.24, 2.45) is 0 Å². The van der Waals surface area contributed by atoms with Gasteiger partial charge in [0.1, 0.15) is 0 Å². The van der Waals surface area contributed by atoms with Gasteiger partial charge in [0.2, 0.25) is 5.91 Å². The maximum absolute atomic E-state index is 12.5. The highest BCUT2D eigenvalue weighted by molar-refractivity contribution is 5.76. The topological polar surface area (TPSA) is 95.9 Å². The molecular formula is C75H145NO5. The molecule has 0 rings (SSSR count). The van der Waals surface area contributed by atoms with E-state index in [1.165, 1.54) is 347 Å². The molecule has 1 amide bonds. The minimum atomic E-state index is -0.661. The van der Waals surface area contributed by atoms with Crippen LogP contribution in [-0.2, 0) is 14.3 Å². The number of aliphatic hydroxyl groups excluding tert-OH is 2. The fourth-order valence-electron chi connectivity index (χ4n) is 11.8. The maximum atomic E-state index is 12.5. The summed E-state index contributed by atoms with van der Waals surface area (Å²) in [7, 11) is 0. The van der Waals surface area contributed by atoms with E-state index in [0.29, 0.717) is 25.9 Å². The first-order chi connectivity index (χ1) is 40.0. The van der Waals surface area contributed by atoms with Crippen molar-refractivity contribution in [3.05, 3.63) is 24.3 Å². The smallest absolute Gasteiger partial charge is 0.305 e. The first-order valence-electron chi connectivity index (χ1n) is 37.1. The predicted molar refractivity (Wildman–Crippen MR) is 356 cm³/mol. The quantitative estimate of drug-likeness (QED) is 0.0320. The van der Waals surface area contributed by atoms with Gasteiger partial charge >= 0.3 is 5.97 Å². The van der Waals surface area contributed by atoms with Crippen molar-refractivity contribution < 1.29 is 24.5 Å². The predicted octanol–water partition coefficient (Wildman–Crippen LogP) is 24.1. The third-order valence-electron chi connectivity index (χ3n) is 17.5. The van der Waals surface area contributed by atoms with E-state index in [4.69, 9.17) is 4.74 Å². The Labute approximate surface area is 507 Å². The second-order valence-electron chi connectivity index (χ2n) is 25.6. The lowest BCUT2D eigenvalue weighted by atomic mass is 10.0. The molecule has 0 aliphatic heterocycles. The van der Waals surface area contributed by atoms with Crippen LogP contribution in [0.1, 0.15) is 418 Å². The minimum absolute atomic E-state index is 0.0186. The highest BCUT2D eigenvalue weighted by atomic mass is 16.5. The van der Waals surface area contributed by atoms with E-state index in [2.05, 4.69) is 43.5 Å². The summed E-state index contributed by atoms with van der Waals surface area (Å²) in [4.78, 5) is 24.6. The number of aliphatic hydroxyl groups is 2. The van der Waals surface area contributed by atoms with E-state index in [1.54, 1.807) is 0 Å². The van der Waals surface area contributed by atoms with Gasteiger partial charge in [0, 0.05) is 12.8 Å². The SMILES string of the molecule is CCCCCCCC/C=C\CCCCCCCCCCCC(=O)OCCCCCCCCCCCCCC/C=C\CCCCCCCCCCCCCCCCCCC(=O)NC(CO)C(O)CCCCCCCCCCCCCCC. The van der Waals surface area contributed by atoms with Crippen molar-refractivity contribution in [1.29, 1.82) is 0 Å². The number of carbonyl (C=O) groups is 2. The first-order valence-corrected chi connectivity index (χ1v) is 37.1. The molecule has 0 aliphatic rings. The number of hydrogen-bond acceptors (Lipinski definition) is 5. The molecule has 0 aromatic heterocycles. The summed E-state index contributed by atoms with van der Waals surface area (Å²) in [6.07, 6.45) is 89.6. The van der Waals surface area contributed by atoms with Crippen LogP contribution in [0.4, 0.5) is 0 Å². The first kappa shape index (κ1) is 79.3. The number of hydrogen-bond donors (Lipinski definition) is 3. The van der Waals surface area contributed by atoms with E-state index in [1.807, 2.05) is 0 Å². The van der Waals surface area contributed by atoms with Gasteiger partial charge in [-0.15, -0.1) is 0 Å². The van der Waals surface area contributed by atoms with Gasteiger partial charge in [-0.1, -0.05) is 353 Å². The number of ether oxygens (including phenoxy) is 1. The Morgan fingerprint density at radius 3 is 0.877 bits per heavy atom. The molecule has 0 saturated heterocycles. The Hall–Kier alpha value is -1.66. The zero-order chi connectivity index (χ0) is 58.5. The van der Waals surface area contributed by atoms with E-state index < -0.39 is 12.1 Å². The number of unbranched alkanes of at least 4 members (excludes halogenated alkanes) is 55. The molecule has 0 radical (unpaired) electrons. The van der Waals surface area contributed by atoms with Gasteiger partial charge in [0.05, 0.1) is 25.4 Å². The summed E-state index contributed by atoms with van der Waals surface area (Å²) in [6, 6.07) is -0.538. The lowest BCUT2D eigenvalue weighted by Gasteiger charge is -2.22. The van der Waals surface area contributed by atoms with Crippen molar-refractivity contribution in [3.8, 4) is 0 Å². The Kier molecular flexibility index (Phi) is 69.4. The van der Waals surface area contributed by atoms with Gasteiger partial charge < -0.3 is 20.3 Å². The summed E-state index contributed by atoms with van der Waals surface area (Å²) in [5, 5.41) is 23.3. The molecule has 2 atom stereocenters. The fraction of sp³-hybridized carbons (Fsp3) is 0.920. The van der Waals surface area contributed by atoms with Crippen molar-refractivity contribution in [2.45, 2.75) is 431 Å². The van der Waals surface area contributed by atoms with E-state index in [0.717, 1.165) is 38.5 Å². The van der Waals surface area contributed by atoms with Gasteiger partial charge in [-0.25, -0.2) is 0 Å². The molecule has 0 saturated carbocycles. The van der Waals surface area contributed by atoms with Crippen molar-refractivity contribution in [1.82, 2.24) is 5.32 Å². The Balaban J connectivity index is 3.32. The van der Waals surface area contributed by atoms with Crippen LogP contribution in [0.25, 0.3) is 0 Å². The summed E-state index contributed by atoms with van der Waals surface area (Å²) in [5.41, 5.74) is 0. The van der Waals surface area contributed by atoms with Gasteiger partial charge in [0.25, 0.3) is 0 Å². The van der Waals surface area contributed by atoms with Crippen molar-refractivity contribution in [2.75, 3.05) is 13.2 Å². The third-order valence-corrected chi connectivity index (χ3v) is 17.5. The van der Waals surface area contributed by atoms with Gasteiger partial charge in [-0.2, -0.15) is 0 Å². The van der Waals surface area contributed by atoms with Crippen LogP contribution in [0.3, 0.4) is 0 Å². The molecule has 6 heteroatoms. The largest absolute Gasteiger partial charge is 0.466 e. The van der Waals surface area contributed by atoms with Gasteiger partial charge in [0.15, 0.2) is 0 Å². The number of nitrogens with one attached hydrogen (secondary N) is 1. The number of amides is 1. The molecule has 3 N–H and O–H groups in total. The second-order valence-corrected chi connectivity index (χ2v) is 25.6. The summed E-state index contributed by atoms with van der Waals surface area (Å²) < 4.78 is 5.51. The molecule has 81 heavy (non-hydrogen) atoms. The third kappa shape index (κ3) is 67.3. The second kappa shape index (κ2) is 70.8. The normalized spacial score (nSPS) is 12.6. The average Bonchev–Trinajstić information content (AvgIpc) is 3.47. The molecule has 0 bridgehead atoms. The Bertz CT molecular complexity index is 1270. The van der Waals surface area contributed by atoms with Gasteiger partial charge in [-0.05, 0) is 77.0 Å². The summed E-state index contributed by atoms with van der Waals surface area (Å²) in [6.45, 7) is 4.98. The van der Waals surface area contributed by atoms with Crippen LogP contribution >= 0.6 is 0 Å². The number of rotatable bonds is 70. The molecule has 0 aromatic rings. The Morgan fingerprint density at radius 2 is 0.580 bits per heavy atom. The van der Waals surface area contributed by atoms with Crippen LogP contribution in [0.2, 0.25) is 0 Å². The summed E-state index contributed by atoms with van der Waals surface area (Å²) in [5.74, 6) is -0.0115. The zero-order valence-electron chi connectivity index (χ0n) is 55.0. The minimum Gasteiger partial charge on any atom is -0.466 e. The van der Waals surface area contributed by atoms with Gasteiger partial charge in [-0.3, -0.25) is 9.59 Å². The van der Waals surface area contributed by atoms with Crippen LogP contribution in [0.15, 0.2) is 24.3 Å². The molecule has 6 nitrogen and oxygen atoms in total. The molecule has 2 unspecified atom stereocenters. The fourth-order valence-corrected chi connectivity index (χ4v) is 11.8. The highest BCUT2D eigenvalue weighted by Gasteiger charge is 2.20. The lowest BCUT2D eigenvalue weighted by Crippen LogP contribution is -2.45. The van der Waals surface area contributed by atoms with E-state index >= 15 is 0 Å². The Morgan fingerprint density at radius 1 is 0.333 bits per heavy atom. The zero-order valence-corrected chi connectivity index (χ0v) is 55.0. The van der Waals surface area contributed by atoms with Crippen LogP contribution < -0.4 is 5.32 Å². The molecule has 480 valence electrons. The molecule has 0 aliphatic carbocycles. The molecule has 0 fully saturated rings. The highest BCUT2D eigenvalue weighted by Crippen LogP contribution is 2.19. The monoisotopic (exact) mass is 1140 g/mol. The molecular weight excluding hydrogens is 995 g/mol. The lowest BCUT2D eigenvalue weighted by molar-refractivity contribution is -0.143. The molecule has 0 aromatic carbocycles. The number of esters is 1. The van der Waals surface area contributed by atoms with Crippen LogP contribution in [0, 0.1) is 0 Å². The van der Waals surface area contributed by atoms with Crippen molar-refractivity contribution in [3.63, 3.8) is 0 Å². The standard InChI is InChI=1S/C75H145NO5/c1-3-5-7-9-11-13-15-17-18-19-34-38-41-45-49-53-57-61-65-69-75(80)81-70-66-62-58-54-50-46-42-39-36-33-31-29-27-25-23-21-20-22-24-26-28-30-32-35-37-40-44-48-52-56-60-64-68-74(79)76-72(71-77)73(78)67-63-59-55-51-47-43-16-14-12-10-8-6-4-2/h17-18,23,25,72-73,77-78H,3-16,19-22,24,26-71H2,1-2H3,(H,76,79)/b18-17-,25-23-. The van der Waals surface area contributed by atoms with Crippen LogP contribution in [-0.4, -0.2) is 47.4 Å². The number of allylic oxidation sites excluding steroid dienone is 4. The average molecular weight is 1140 g/mol.